The summed E-state index contributed by atoms with van der Waals surface area (Å²) in [6.07, 6.45) is 5.85. The lowest BCUT2D eigenvalue weighted by Gasteiger charge is -2.13. The van der Waals surface area contributed by atoms with E-state index < -0.39 is 0 Å². The van der Waals surface area contributed by atoms with Crippen molar-refractivity contribution in [3.63, 3.8) is 0 Å². The van der Waals surface area contributed by atoms with Crippen molar-refractivity contribution in [2.45, 2.75) is 26.7 Å². The number of nitrogens with one attached hydrogen (secondary N) is 3. The van der Waals surface area contributed by atoms with Crippen molar-refractivity contribution in [2.75, 3.05) is 5.32 Å². The molecule has 0 saturated carbocycles. The number of anilines is 1. The molecule has 6 heteroatoms. The predicted octanol–water partition coefficient (Wildman–Crippen LogP) is 5.05. The predicted molar refractivity (Wildman–Crippen MR) is 131 cm³/mol. The van der Waals surface area contributed by atoms with E-state index in [0.29, 0.717) is 35.7 Å². The molecule has 4 rings (SSSR count). The second-order valence-electron chi connectivity index (χ2n) is 8.54. The Morgan fingerprint density at radius 1 is 1.06 bits per heavy atom. The van der Waals surface area contributed by atoms with Gasteiger partial charge in [-0.15, -0.1) is 0 Å². The molecule has 1 aliphatic carbocycles. The third-order valence-corrected chi connectivity index (χ3v) is 5.29. The Bertz CT molecular complexity index is 1270. The lowest BCUT2D eigenvalue weighted by Crippen LogP contribution is -2.13. The minimum atomic E-state index is -0.144. The molecule has 0 atom stereocenters. The molecule has 0 saturated heterocycles. The van der Waals surface area contributed by atoms with E-state index in [2.05, 4.69) is 15.3 Å². The summed E-state index contributed by atoms with van der Waals surface area (Å²) < 4.78 is 0. The molecule has 33 heavy (non-hydrogen) atoms. The quantitative estimate of drug-likeness (QED) is 0.450. The van der Waals surface area contributed by atoms with Gasteiger partial charge in [-0.25, -0.2) is 4.98 Å². The monoisotopic (exact) mass is 438 g/mol. The minimum Gasteiger partial charge on any atom is -0.342 e. The number of rotatable bonds is 7. The van der Waals surface area contributed by atoms with Crippen LogP contribution in [0.5, 0.6) is 0 Å². The molecule has 6 nitrogen and oxygen atoms in total. The first-order valence-electron chi connectivity index (χ1n) is 10.9. The summed E-state index contributed by atoms with van der Waals surface area (Å²) in [7, 11) is 0. The van der Waals surface area contributed by atoms with Crippen molar-refractivity contribution in [3.8, 4) is 0 Å². The van der Waals surface area contributed by atoms with Crippen molar-refractivity contribution < 1.29 is 9.59 Å². The van der Waals surface area contributed by atoms with Crippen LogP contribution in [0.3, 0.4) is 0 Å². The van der Waals surface area contributed by atoms with Gasteiger partial charge >= 0.3 is 0 Å². The number of imidazole rings is 1. The van der Waals surface area contributed by atoms with Crippen molar-refractivity contribution >= 4 is 34.2 Å². The zero-order chi connectivity index (χ0) is 23.4. The van der Waals surface area contributed by atoms with Crippen LogP contribution in [0.1, 0.15) is 42.9 Å². The van der Waals surface area contributed by atoms with Crippen molar-refractivity contribution in [2.24, 2.45) is 5.92 Å². The number of ketones is 1. The van der Waals surface area contributed by atoms with Gasteiger partial charge in [-0.2, -0.15) is 0 Å². The van der Waals surface area contributed by atoms with Gasteiger partial charge in [0.25, 0.3) is 0 Å². The molecule has 0 bridgehead atoms. The molecule has 3 N–H and O–H groups in total. The maximum absolute atomic E-state index is 12.7. The normalized spacial score (nSPS) is 13.7. The highest BCUT2D eigenvalue weighted by Crippen LogP contribution is 2.26. The van der Waals surface area contributed by atoms with Crippen LogP contribution in [0.2, 0.25) is 0 Å². The lowest BCUT2D eigenvalue weighted by atomic mass is 9.91. The van der Waals surface area contributed by atoms with Crippen LogP contribution < -0.4 is 5.32 Å². The van der Waals surface area contributed by atoms with Gasteiger partial charge in [0.1, 0.15) is 5.82 Å². The average Bonchev–Trinajstić information content (AvgIpc) is 3.23. The molecule has 1 heterocycles. The Balaban J connectivity index is 1.47. The second-order valence-corrected chi connectivity index (χ2v) is 8.54. The fraction of sp³-hybridized carbons (Fsp3) is 0.185. The van der Waals surface area contributed by atoms with E-state index in [9.17, 15) is 9.59 Å². The number of allylic oxidation sites excluding steroid dienone is 4. The number of aromatic nitrogens is 2. The van der Waals surface area contributed by atoms with E-state index in [1.165, 1.54) is 6.08 Å². The molecule has 166 valence electrons. The highest BCUT2D eigenvalue weighted by Gasteiger charge is 2.22. The summed E-state index contributed by atoms with van der Waals surface area (Å²) >= 11 is 0. The smallest absolute Gasteiger partial charge is 0.224 e. The maximum atomic E-state index is 12.7. The Labute approximate surface area is 193 Å². The van der Waals surface area contributed by atoms with Crippen LogP contribution in [0.15, 0.2) is 72.9 Å². The molecule has 0 unspecified atom stereocenters. The Kier molecular flexibility index (Phi) is 6.45. The SMILES string of the molecule is CC(C)CC(=O)Nc1cccc(Cc2cnc(C3=CC(=O)C(c4ccccc4)=CC3=N)[nH]2)c1. The first-order chi connectivity index (χ1) is 15.9. The number of hydrogen-bond donors (Lipinski definition) is 3. The summed E-state index contributed by atoms with van der Waals surface area (Å²) in [5.41, 5.74) is 4.65. The van der Waals surface area contributed by atoms with E-state index in [-0.39, 0.29) is 17.4 Å². The van der Waals surface area contributed by atoms with Crippen molar-refractivity contribution in [1.82, 2.24) is 9.97 Å². The fourth-order valence-electron chi connectivity index (χ4n) is 3.77. The van der Waals surface area contributed by atoms with E-state index >= 15 is 0 Å². The molecule has 0 radical (unpaired) electrons. The molecule has 2 aromatic carbocycles. The summed E-state index contributed by atoms with van der Waals surface area (Å²) in [6.45, 7) is 4.03. The molecule has 1 amide bonds. The molecule has 0 spiro atoms. The molecular weight excluding hydrogens is 412 g/mol. The number of carbonyl (C=O) groups is 2. The number of aromatic amines is 1. The number of hydrogen-bond acceptors (Lipinski definition) is 4. The number of nitrogens with zero attached hydrogens (tertiary/aromatic N) is 1. The Morgan fingerprint density at radius 2 is 1.85 bits per heavy atom. The van der Waals surface area contributed by atoms with E-state index in [4.69, 9.17) is 5.41 Å². The van der Waals surface area contributed by atoms with Crippen molar-refractivity contribution in [1.29, 1.82) is 5.41 Å². The number of amides is 1. The standard InChI is InChI=1S/C27H26N4O2/c1-17(2)11-26(33)30-20-10-6-7-18(12-20)13-21-16-29-27(31-21)23-15-25(32)22(14-24(23)28)19-8-4-3-5-9-19/h3-10,12,14-17,28H,11,13H2,1-2H3,(H,29,31)(H,30,33). The third-order valence-electron chi connectivity index (χ3n) is 5.29. The van der Waals surface area contributed by atoms with Gasteiger partial charge in [-0.1, -0.05) is 56.3 Å². The first-order valence-corrected chi connectivity index (χ1v) is 10.9. The molecule has 1 aromatic heterocycles. The van der Waals surface area contributed by atoms with Crippen molar-refractivity contribution in [3.05, 3.63) is 95.6 Å². The number of benzene rings is 2. The zero-order valence-corrected chi connectivity index (χ0v) is 18.7. The van der Waals surface area contributed by atoms with Gasteiger partial charge in [-0.05, 0) is 41.3 Å². The summed E-state index contributed by atoms with van der Waals surface area (Å²) in [4.78, 5) is 32.4. The minimum absolute atomic E-state index is 0.00122. The summed E-state index contributed by atoms with van der Waals surface area (Å²) in [5.74, 6) is 0.652. The van der Waals surface area contributed by atoms with E-state index in [0.717, 1.165) is 22.5 Å². The van der Waals surface area contributed by atoms with Crippen LogP contribution in [0, 0.1) is 11.3 Å². The summed E-state index contributed by atoms with van der Waals surface area (Å²) in [6, 6.07) is 17.1. The van der Waals surface area contributed by atoms with Crippen LogP contribution in [-0.2, 0) is 16.0 Å². The van der Waals surface area contributed by atoms with Gasteiger partial charge in [0.05, 0.1) is 5.71 Å². The molecule has 3 aromatic rings. The van der Waals surface area contributed by atoms with Gasteiger partial charge in [0.15, 0.2) is 5.78 Å². The topological polar surface area (TPSA) is 98.7 Å². The largest absolute Gasteiger partial charge is 0.342 e. The van der Waals surface area contributed by atoms with E-state index in [1.807, 2.05) is 68.4 Å². The number of H-pyrrole nitrogens is 1. The fourth-order valence-corrected chi connectivity index (χ4v) is 3.77. The second kappa shape index (κ2) is 9.61. The highest BCUT2D eigenvalue weighted by atomic mass is 16.1. The van der Waals surface area contributed by atoms with Crippen LogP contribution in [0.4, 0.5) is 5.69 Å². The van der Waals surface area contributed by atoms with Gasteiger partial charge < -0.3 is 15.7 Å². The van der Waals surface area contributed by atoms with Crippen LogP contribution >= 0.6 is 0 Å². The number of carbonyl (C=O) groups excluding carboxylic acids is 2. The van der Waals surface area contributed by atoms with Crippen LogP contribution in [-0.4, -0.2) is 27.4 Å². The summed E-state index contributed by atoms with van der Waals surface area (Å²) in [5, 5.41) is 11.4. The van der Waals surface area contributed by atoms with Gasteiger partial charge in [0, 0.05) is 41.6 Å². The van der Waals surface area contributed by atoms with Gasteiger partial charge in [-0.3, -0.25) is 9.59 Å². The molecule has 0 fully saturated rings. The van der Waals surface area contributed by atoms with Gasteiger partial charge in [0.2, 0.25) is 5.91 Å². The molecular formula is C27H26N4O2. The Hall–Kier alpha value is -4.06. The van der Waals surface area contributed by atoms with Crippen LogP contribution in [0.25, 0.3) is 11.1 Å². The third kappa shape index (κ3) is 5.41. The average molecular weight is 439 g/mol. The molecule has 1 aliphatic rings. The molecule has 0 aliphatic heterocycles. The van der Waals surface area contributed by atoms with E-state index in [1.54, 1.807) is 12.3 Å². The zero-order valence-electron chi connectivity index (χ0n) is 18.7. The first kappa shape index (κ1) is 22.1. The maximum Gasteiger partial charge on any atom is 0.224 e. The lowest BCUT2D eigenvalue weighted by molar-refractivity contribution is -0.116. The Morgan fingerprint density at radius 3 is 2.61 bits per heavy atom. The highest BCUT2D eigenvalue weighted by molar-refractivity contribution is 6.44.